The number of carbonyl (C=O) groups excluding carboxylic acids is 2. The van der Waals surface area contributed by atoms with Gasteiger partial charge in [-0.05, 0) is 62.0 Å². The van der Waals surface area contributed by atoms with Crippen molar-refractivity contribution in [3.8, 4) is 5.75 Å². The fourth-order valence-corrected chi connectivity index (χ4v) is 5.03. The van der Waals surface area contributed by atoms with Gasteiger partial charge in [0.2, 0.25) is 5.91 Å². The second kappa shape index (κ2) is 13.9. The van der Waals surface area contributed by atoms with Gasteiger partial charge in [-0.2, -0.15) is 13.2 Å². The predicted octanol–water partition coefficient (Wildman–Crippen LogP) is 5.63. The topological polar surface area (TPSA) is 94.1 Å². The normalized spacial score (nSPS) is 18.1. The molecular formula is C32H37F3N4O4. The number of ether oxygens (including phenoxy) is 1. The van der Waals surface area contributed by atoms with Gasteiger partial charge in [-0.25, -0.2) is 4.79 Å². The third kappa shape index (κ3) is 8.71. The Morgan fingerprint density at radius 1 is 1.07 bits per heavy atom. The van der Waals surface area contributed by atoms with Crippen LogP contribution < -0.4 is 15.4 Å². The molecule has 0 aliphatic carbocycles. The summed E-state index contributed by atoms with van der Waals surface area (Å²) in [6.07, 6.45) is -4.76. The molecule has 1 heterocycles. The second-order valence-corrected chi connectivity index (χ2v) is 11.0. The number of alkyl halides is 3. The highest BCUT2D eigenvalue weighted by atomic mass is 19.4. The Labute approximate surface area is 249 Å². The number of urea groups is 1. The van der Waals surface area contributed by atoms with E-state index in [-0.39, 0.29) is 36.6 Å². The minimum absolute atomic E-state index is 0.00495. The first kappa shape index (κ1) is 31.8. The van der Waals surface area contributed by atoms with Gasteiger partial charge in [0.25, 0.3) is 0 Å². The quantitative estimate of drug-likeness (QED) is 0.313. The number of likely N-dealkylation sites (N-methyl/N-ethyl adjacent to an activating group) is 1. The molecule has 4 rings (SSSR count). The molecule has 3 aromatic carbocycles. The van der Waals surface area contributed by atoms with Gasteiger partial charge in [0.1, 0.15) is 11.9 Å². The average Bonchev–Trinajstić information content (AvgIpc) is 3.00. The van der Waals surface area contributed by atoms with Gasteiger partial charge < -0.3 is 25.4 Å². The Hall–Kier alpha value is -4.09. The van der Waals surface area contributed by atoms with Crippen LogP contribution in [0.3, 0.4) is 0 Å². The van der Waals surface area contributed by atoms with Gasteiger partial charge in [0.05, 0.1) is 24.6 Å². The summed E-state index contributed by atoms with van der Waals surface area (Å²) in [5.41, 5.74) is 1.49. The molecule has 1 aliphatic heterocycles. The van der Waals surface area contributed by atoms with Crippen LogP contribution in [0.5, 0.6) is 5.75 Å². The van der Waals surface area contributed by atoms with Crippen molar-refractivity contribution in [2.45, 2.75) is 45.1 Å². The molecular weight excluding hydrogens is 561 g/mol. The van der Waals surface area contributed by atoms with Gasteiger partial charge >= 0.3 is 12.2 Å². The molecule has 0 fully saturated rings. The van der Waals surface area contributed by atoms with E-state index in [1.54, 1.807) is 30.0 Å². The zero-order valence-electron chi connectivity index (χ0n) is 24.4. The Kier molecular flexibility index (Phi) is 10.3. The lowest BCUT2D eigenvalue weighted by Gasteiger charge is -2.34. The summed E-state index contributed by atoms with van der Waals surface area (Å²) in [5.74, 6) is 0.280. The summed E-state index contributed by atoms with van der Waals surface area (Å²) in [6, 6.07) is 18.2. The molecule has 230 valence electrons. The molecule has 0 saturated carbocycles. The monoisotopic (exact) mass is 598 g/mol. The van der Waals surface area contributed by atoms with Crippen LogP contribution >= 0.6 is 0 Å². The van der Waals surface area contributed by atoms with Crippen molar-refractivity contribution in [3.63, 3.8) is 0 Å². The standard InChI is InChI=1S/C32H37F3N4O4/c1-21-17-39(22(2)20-40)30(41)16-24-15-27(37-31(42)36-26-11-9-25(10-12-26)32(33,34)35)13-14-28(24)43-29(21)19-38(3)18-23-7-5-4-6-8-23/h4-15,21-22,29,40H,16-20H2,1-3H3,(H2,36,37,42)/t21-,22-,29+/m1/s1. The van der Waals surface area contributed by atoms with Crippen LogP contribution in [-0.2, 0) is 23.9 Å². The van der Waals surface area contributed by atoms with Crippen LogP contribution in [-0.4, -0.2) is 65.7 Å². The SMILES string of the molecule is C[C@@H]1CN([C@H](C)CO)C(=O)Cc2cc(NC(=O)Nc3ccc(C(F)(F)F)cc3)ccc2O[C@H]1CN(C)Cc1ccccc1. The molecule has 8 nitrogen and oxygen atoms in total. The van der Waals surface area contributed by atoms with E-state index >= 15 is 0 Å². The van der Waals surface area contributed by atoms with Crippen LogP contribution in [0.15, 0.2) is 72.8 Å². The molecule has 0 saturated heterocycles. The Bertz CT molecular complexity index is 1390. The van der Waals surface area contributed by atoms with Gasteiger partial charge in [-0.3, -0.25) is 9.69 Å². The third-order valence-corrected chi connectivity index (χ3v) is 7.43. The van der Waals surface area contributed by atoms with E-state index in [1.807, 2.05) is 32.2 Å². The molecule has 0 unspecified atom stereocenters. The Morgan fingerprint density at radius 2 is 1.72 bits per heavy atom. The lowest BCUT2D eigenvalue weighted by molar-refractivity contribution is -0.137. The van der Waals surface area contributed by atoms with E-state index in [2.05, 4.69) is 27.7 Å². The summed E-state index contributed by atoms with van der Waals surface area (Å²) in [7, 11) is 2.01. The molecule has 1 aliphatic rings. The van der Waals surface area contributed by atoms with Crippen molar-refractivity contribution in [1.82, 2.24) is 9.80 Å². The summed E-state index contributed by atoms with van der Waals surface area (Å²) >= 11 is 0. The molecule has 0 bridgehead atoms. The number of nitrogens with zero attached hydrogens (tertiary/aromatic N) is 2. The predicted molar refractivity (Wildman–Crippen MR) is 159 cm³/mol. The van der Waals surface area contributed by atoms with Crippen LogP contribution in [0.1, 0.15) is 30.5 Å². The van der Waals surface area contributed by atoms with Crippen molar-refractivity contribution < 1.29 is 32.6 Å². The second-order valence-electron chi connectivity index (χ2n) is 11.0. The first-order valence-electron chi connectivity index (χ1n) is 14.1. The molecule has 3 aromatic rings. The largest absolute Gasteiger partial charge is 0.488 e. The van der Waals surface area contributed by atoms with Crippen LogP contribution in [0, 0.1) is 5.92 Å². The van der Waals surface area contributed by atoms with Gasteiger partial charge in [0.15, 0.2) is 0 Å². The van der Waals surface area contributed by atoms with Crippen LogP contribution in [0.4, 0.5) is 29.3 Å². The fourth-order valence-electron chi connectivity index (χ4n) is 5.03. The number of aliphatic hydroxyl groups excluding tert-OH is 1. The molecule has 43 heavy (non-hydrogen) atoms. The number of fused-ring (bicyclic) bond motifs is 1. The zero-order valence-corrected chi connectivity index (χ0v) is 24.4. The number of halogens is 3. The molecule has 0 spiro atoms. The smallest absolute Gasteiger partial charge is 0.416 e. The number of rotatable bonds is 8. The highest BCUT2D eigenvalue weighted by Gasteiger charge is 2.32. The van der Waals surface area contributed by atoms with Crippen LogP contribution in [0.2, 0.25) is 0 Å². The minimum atomic E-state index is -4.47. The molecule has 0 radical (unpaired) electrons. The maximum Gasteiger partial charge on any atom is 0.416 e. The van der Waals surface area contributed by atoms with Gasteiger partial charge in [-0.1, -0.05) is 37.3 Å². The van der Waals surface area contributed by atoms with Crippen molar-refractivity contribution in [2.75, 3.05) is 37.4 Å². The van der Waals surface area contributed by atoms with E-state index < -0.39 is 23.8 Å². The van der Waals surface area contributed by atoms with Crippen molar-refractivity contribution in [3.05, 3.63) is 89.5 Å². The maximum absolute atomic E-state index is 13.4. The number of nitrogens with one attached hydrogen (secondary N) is 2. The van der Waals surface area contributed by atoms with E-state index in [0.29, 0.717) is 36.6 Å². The number of aliphatic hydroxyl groups is 1. The highest BCUT2D eigenvalue weighted by Crippen LogP contribution is 2.31. The summed E-state index contributed by atoms with van der Waals surface area (Å²) in [6.45, 7) is 5.34. The number of amides is 3. The number of hydrogen-bond acceptors (Lipinski definition) is 5. The number of benzene rings is 3. The van der Waals surface area contributed by atoms with E-state index in [4.69, 9.17) is 4.74 Å². The van der Waals surface area contributed by atoms with E-state index in [9.17, 15) is 27.9 Å². The molecule has 11 heteroatoms. The Balaban J connectivity index is 1.53. The third-order valence-electron chi connectivity index (χ3n) is 7.43. The van der Waals surface area contributed by atoms with E-state index in [1.165, 1.54) is 12.1 Å². The fraction of sp³-hybridized carbons (Fsp3) is 0.375. The first-order chi connectivity index (χ1) is 20.4. The molecule has 3 amide bonds. The summed E-state index contributed by atoms with van der Waals surface area (Å²) < 4.78 is 45.1. The van der Waals surface area contributed by atoms with Crippen LogP contribution in [0.25, 0.3) is 0 Å². The highest BCUT2D eigenvalue weighted by molar-refractivity contribution is 6.00. The minimum Gasteiger partial charge on any atom is -0.488 e. The molecule has 0 aromatic heterocycles. The average molecular weight is 599 g/mol. The van der Waals surface area contributed by atoms with Crippen molar-refractivity contribution >= 4 is 23.3 Å². The molecule has 3 atom stereocenters. The number of anilines is 2. The number of hydrogen-bond donors (Lipinski definition) is 3. The lowest BCUT2D eigenvalue weighted by Crippen LogP contribution is -2.47. The summed E-state index contributed by atoms with van der Waals surface area (Å²) in [4.78, 5) is 29.9. The van der Waals surface area contributed by atoms with Gasteiger partial charge in [-0.15, -0.1) is 0 Å². The Morgan fingerprint density at radius 3 is 2.37 bits per heavy atom. The number of carbonyl (C=O) groups is 2. The van der Waals surface area contributed by atoms with Crippen molar-refractivity contribution in [2.24, 2.45) is 5.92 Å². The summed E-state index contributed by atoms with van der Waals surface area (Å²) in [5, 5.41) is 15.1. The maximum atomic E-state index is 13.4. The van der Waals surface area contributed by atoms with Crippen molar-refractivity contribution in [1.29, 1.82) is 0 Å². The van der Waals surface area contributed by atoms with E-state index in [0.717, 1.165) is 17.7 Å². The first-order valence-corrected chi connectivity index (χ1v) is 14.1. The van der Waals surface area contributed by atoms with Gasteiger partial charge in [0, 0.05) is 42.5 Å². The zero-order chi connectivity index (χ0) is 31.1. The lowest BCUT2D eigenvalue weighted by atomic mass is 10.0. The molecule has 3 N–H and O–H groups in total.